The molecule has 1 aromatic carbocycles. The van der Waals surface area contributed by atoms with Gasteiger partial charge in [0.1, 0.15) is 0 Å². The minimum atomic E-state index is -0.00774. The number of amides is 1. The van der Waals surface area contributed by atoms with Gasteiger partial charge in [-0.15, -0.1) is 11.3 Å². The maximum Gasteiger partial charge on any atom is 0.261 e. The number of aryl methyl sites for hydroxylation is 1. The molecule has 0 aliphatic rings. The number of unbranched alkanes of at least 4 members (excludes halogenated alkanes) is 1. The van der Waals surface area contributed by atoms with Crippen LogP contribution < -0.4 is 5.32 Å². The van der Waals surface area contributed by atoms with Crippen LogP contribution in [-0.2, 0) is 0 Å². The Morgan fingerprint density at radius 3 is 2.83 bits per heavy atom. The van der Waals surface area contributed by atoms with Crippen molar-refractivity contribution in [1.29, 1.82) is 0 Å². The highest BCUT2D eigenvalue weighted by Crippen LogP contribution is 2.30. The summed E-state index contributed by atoms with van der Waals surface area (Å²) in [5, 5.41) is 12.7. The number of nitrogens with one attached hydrogen (secondary N) is 1. The third-order valence-corrected chi connectivity index (χ3v) is 4.19. The molecule has 2 aromatic rings. The Morgan fingerprint density at radius 1 is 1.33 bits per heavy atom. The van der Waals surface area contributed by atoms with Crippen molar-refractivity contribution in [3.63, 3.8) is 0 Å². The van der Waals surface area contributed by atoms with Gasteiger partial charge in [0, 0.05) is 17.9 Å². The van der Waals surface area contributed by atoms with Crippen molar-refractivity contribution in [3.05, 3.63) is 34.7 Å². The number of benzene rings is 1. The average molecular weight is 263 g/mol. The number of carbonyl (C=O) groups excluding carboxylic acids is 1. The van der Waals surface area contributed by atoms with Crippen molar-refractivity contribution in [3.8, 4) is 0 Å². The van der Waals surface area contributed by atoms with Crippen molar-refractivity contribution in [2.24, 2.45) is 0 Å². The van der Waals surface area contributed by atoms with Gasteiger partial charge in [-0.2, -0.15) is 0 Å². The van der Waals surface area contributed by atoms with Gasteiger partial charge < -0.3 is 10.4 Å². The second-order valence-corrected chi connectivity index (χ2v) is 5.29. The van der Waals surface area contributed by atoms with Gasteiger partial charge in [0.15, 0.2) is 0 Å². The number of aliphatic hydroxyl groups is 1. The molecule has 0 bridgehead atoms. The third kappa shape index (κ3) is 2.71. The summed E-state index contributed by atoms with van der Waals surface area (Å²) in [4.78, 5) is 12.8. The smallest absolute Gasteiger partial charge is 0.261 e. The summed E-state index contributed by atoms with van der Waals surface area (Å²) in [5.74, 6) is -0.00774. The van der Waals surface area contributed by atoms with Crippen LogP contribution in [0.3, 0.4) is 0 Å². The van der Waals surface area contributed by atoms with Gasteiger partial charge in [0.25, 0.3) is 5.91 Å². The predicted molar refractivity (Wildman–Crippen MR) is 75.2 cm³/mol. The fraction of sp³-hybridized carbons (Fsp3) is 0.357. The van der Waals surface area contributed by atoms with E-state index in [9.17, 15) is 4.79 Å². The Hall–Kier alpha value is -1.39. The van der Waals surface area contributed by atoms with E-state index in [0.29, 0.717) is 6.54 Å². The number of fused-ring (bicyclic) bond motifs is 1. The van der Waals surface area contributed by atoms with Gasteiger partial charge >= 0.3 is 0 Å². The van der Waals surface area contributed by atoms with Gasteiger partial charge in [-0.3, -0.25) is 4.79 Å². The molecule has 0 radical (unpaired) electrons. The maximum absolute atomic E-state index is 12.0. The molecule has 0 spiro atoms. The second-order valence-electron chi connectivity index (χ2n) is 4.24. The lowest BCUT2D eigenvalue weighted by atomic mass is 10.1. The molecule has 2 rings (SSSR count). The van der Waals surface area contributed by atoms with E-state index >= 15 is 0 Å². The molecular weight excluding hydrogens is 246 g/mol. The molecule has 0 atom stereocenters. The van der Waals surface area contributed by atoms with Crippen LogP contribution in [0.4, 0.5) is 0 Å². The molecule has 0 aliphatic heterocycles. The molecule has 4 heteroatoms. The predicted octanol–water partition coefficient (Wildman–Crippen LogP) is 2.71. The van der Waals surface area contributed by atoms with Crippen LogP contribution in [0, 0.1) is 6.92 Å². The third-order valence-electron chi connectivity index (χ3n) is 2.92. The van der Waals surface area contributed by atoms with E-state index in [1.807, 2.05) is 31.2 Å². The summed E-state index contributed by atoms with van der Waals surface area (Å²) in [6, 6.07) is 8.06. The van der Waals surface area contributed by atoms with Gasteiger partial charge in [-0.25, -0.2) is 0 Å². The van der Waals surface area contributed by atoms with E-state index in [0.717, 1.165) is 33.4 Å². The summed E-state index contributed by atoms with van der Waals surface area (Å²) in [6.45, 7) is 2.78. The largest absolute Gasteiger partial charge is 0.396 e. The van der Waals surface area contributed by atoms with Crippen molar-refractivity contribution in [1.82, 2.24) is 5.32 Å². The van der Waals surface area contributed by atoms with Crippen LogP contribution in [0.2, 0.25) is 0 Å². The number of thiophene rings is 1. The molecule has 0 fully saturated rings. The Morgan fingerprint density at radius 2 is 2.11 bits per heavy atom. The zero-order valence-corrected chi connectivity index (χ0v) is 11.2. The zero-order chi connectivity index (χ0) is 13.0. The average Bonchev–Trinajstić information content (AvgIpc) is 2.73. The van der Waals surface area contributed by atoms with Crippen molar-refractivity contribution >= 4 is 27.3 Å². The minimum absolute atomic E-state index is 0.00774. The fourth-order valence-electron chi connectivity index (χ4n) is 1.91. The first kappa shape index (κ1) is 13.1. The number of hydrogen-bond acceptors (Lipinski definition) is 3. The lowest BCUT2D eigenvalue weighted by Gasteiger charge is -2.03. The molecule has 0 saturated carbocycles. The molecule has 1 aromatic heterocycles. The highest BCUT2D eigenvalue weighted by Gasteiger charge is 2.14. The lowest BCUT2D eigenvalue weighted by molar-refractivity contribution is 0.0955. The van der Waals surface area contributed by atoms with Gasteiger partial charge in [0.05, 0.1) is 4.88 Å². The van der Waals surface area contributed by atoms with Crippen LogP contribution in [0.5, 0.6) is 0 Å². The first-order chi connectivity index (χ1) is 8.74. The molecule has 1 heterocycles. The summed E-state index contributed by atoms with van der Waals surface area (Å²) in [5.41, 5.74) is 1.05. The first-order valence-corrected chi connectivity index (χ1v) is 6.93. The molecular formula is C14H17NO2S. The minimum Gasteiger partial charge on any atom is -0.396 e. The molecule has 1 amide bonds. The van der Waals surface area contributed by atoms with E-state index in [4.69, 9.17) is 5.11 Å². The van der Waals surface area contributed by atoms with Crippen LogP contribution in [-0.4, -0.2) is 24.2 Å². The van der Waals surface area contributed by atoms with Crippen LogP contribution >= 0.6 is 11.3 Å². The monoisotopic (exact) mass is 263 g/mol. The standard InChI is InChI=1S/C14H17NO2S/c1-10-11-6-2-3-7-12(11)18-13(10)14(17)15-8-4-5-9-16/h2-3,6-7,16H,4-5,8-9H2,1H3,(H,15,17). The summed E-state index contributed by atoms with van der Waals surface area (Å²) in [7, 11) is 0. The van der Waals surface area contributed by atoms with Crippen molar-refractivity contribution in [2.75, 3.05) is 13.2 Å². The molecule has 2 N–H and O–H groups in total. The Bertz CT molecular complexity index is 548. The van der Waals surface area contributed by atoms with Gasteiger partial charge in [-0.05, 0) is 36.8 Å². The molecule has 0 unspecified atom stereocenters. The zero-order valence-electron chi connectivity index (χ0n) is 10.4. The maximum atomic E-state index is 12.0. The highest BCUT2D eigenvalue weighted by molar-refractivity contribution is 7.21. The SMILES string of the molecule is Cc1c(C(=O)NCCCCO)sc2ccccc12. The second kappa shape index (κ2) is 5.98. The van der Waals surface area contributed by atoms with E-state index in [2.05, 4.69) is 5.32 Å². The summed E-state index contributed by atoms with van der Waals surface area (Å²) >= 11 is 1.53. The van der Waals surface area contributed by atoms with Crippen molar-refractivity contribution < 1.29 is 9.90 Å². The van der Waals surface area contributed by atoms with Crippen LogP contribution in [0.15, 0.2) is 24.3 Å². The Labute approximate surface area is 110 Å². The van der Waals surface area contributed by atoms with E-state index in [1.165, 1.54) is 11.3 Å². The van der Waals surface area contributed by atoms with Crippen molar-refractivity contribution in [2.45, 2.75) is 19.8 Å². The lowest BCUT2D eigenvalue weighted by Crippen LogP contribution is -2.24. The molecule has 96 valence electrons. The number of carbonyl (C=O) groups is 1. The molecule has 3 nitrogen and oxygen atoms in total. The topological polar surface area (TPSA) is 49.3 Å². The summed E-state index contributed by atoms with van der Waals surface area (Å²) in [6.07, 6.45) is 1.54. The first-order valence-electron chi connectivity index (χ1n) is 6.11. The normalized spacial score (nSPS) is 10.8. The number of hydrogen-bond donors (Lipinski definition) is 2. The summed E-state index contributed by atoms with van der Waals surface area (Å²) < 4.78 is 1.15. The molecule has 0 aliphatic carbocycles. The van der Waals surface area contributed by atoms with E-state index in [1.54, 1.807) is 0 Å². The fourth-order valence-corrected chi connectivity index (χ4v) is 3.04. The van der Waals surface area contributed by atoms with E-state index in [-0.39, 0.29) is 12.5 Å². The Balaban J connectivity index is 2.10. The van der Waals surface area contributed by atoms with E-state index < -0.39 is 0 Å². The Kier molecular flexibility index (Phi) is 4.33. The highest BCUT2D eigenvalue weighted by atomic mass is 32.1. The molecule has 0 saturated heterocycles. The number of aliphatic hydroxyl groups excluding tert-OH is 1. The van der Waals surface area contributed by atoms with Gasteiger partial charge in [0.2, 0.25) is 0 Å². The molecule has 18 heavy (non-hydrogen) atoms. The van der Waals surface area contributed by atoms with Crippen LogP contribution in [0.1, 0.15) is 28.1 Å². The van der Waals surface area contributed by atoms with Crippen LogP contribution in [0.25, 0.3) is 10.1 Å². The number of rotatable bonds is 5. The quantitative estimate of drug-likeness (QED) is 0.815. The van der Waals surface area contributed by atoms with Gasteiger partial charge in [-0.1, -0.05) is 18.2 Å².